The van der Waals surface area contributed by atoms with E-state index in [-0.39, 0.29) is 5.91 Å². The zero-order valence-electron chi connectivity index (χ0n) is 16.1. The molecule has 0 saturated carbocycles. The predicted molar refractivity (Wildman–Crippen MR) is 117 cm³/mol. The van der Waals surface area contributed by atoms with Crippen LogP contribution in [0.5, 0.6) is 0 Å². The SMILES string of the molecule is Cc1c(C(=O)N2CCCN(c3nc4ccccc4[nH]3)CC2)oc2ccc(Br)cc12. The van der Waals surface area contributed by atoms with Crippen molar-refractivity contribution in [1.82, 2.24) is 14.9 Å². The molecule has 0 spiro atoms. The first-order valence-electron chi connectivity index (χ1n) is 9.78. The number of rotatable bonds is 2. The number of aromatic amines is 1. The molecule has 3 heterocycles. The summed E-state index contributed by atoms with van der Waals surface area (Å²) in [5.41, 5.74) is 3.63. The van der Waals surface area contributed by atoms with Gasteiger partial charge in [-0.15, -0.1) is 0 Å². The first kappa shape index (κ1) is 18.2. The van der Waals surface area contributed by atoms with Crippen LogP contribution in [0.2, 0.25) is 0 Å². The number of carbonyl (C=O) groups excluding carboxylic acids is 1. The number of hydrogen-bond donors (Lipinski definition) is 1. The molecule has 0 atom stereocenters. The Morgan fingerprint density at radius 2 is 2.00 bits per heavy atom. The number of imidazole rings is 1. The maximum atomic E-state index is 13.2. The minimum atomic E-state index is -0.0405. The molecule has 0 unspecified atom stereocenters. The standard InChI is InChI=1S/C22H21BrN4O2/c1-14-16-13-15(23)7-8-19(16)29-20(14)21(28)26-9-4-10-27(12-11-26)22-24-17-5-2-3-6-18(17)25-22/h2-3,5-8,13H,4,9-12H2,1H3,(H,24,25). The number of fused-ring (bicyclic) bond motifs is 2. The van der Waals surface area contributed by atoms with Gasteiger partial charge in [0.15, 0.2) is 5.76 Å². The maximum Gasteiger partial charge on any atom is 0.289 e. The number of H-pyrrole nitrogens is 1. The molecule has 2 aromatic carbocycles. The van der Waals surface area contributed by atoms with Crippen LogP contribution in [0.3, 0.4) is 0 Å². The van der Waals surface area contributed by atoms with Crippen LogP contribution in [-0.2, 0) is 0 Å². The fourth-order valence-corrected chi connectivity index (χ4v) is 4.32. The Hall–Kier alpha value is -2.80. The summed E-state index contributed by atoms with van der Waals surface area (Å²) in [6.07, 6.45) is 0.883. The summed E-state index contributed by atoms with van der Waals surface area (Å²) >= 11 is 3.49. The van der Waals surface area contributed by atoms with Gasteiger partial charge in [0, 0.05) is 41.6 Å². The van der Waals surface area contributed by atoms with Crippen molar-refractivity contribution in [1.29, 1.82) is 0 Å². The Morgan fingerprint density at radius 1 is 1.14 bits per heavy atom. The Kier molecular flexibility index (Phi) is 4.54. The third kappa shape index (κ3) is 3.29. The van der Waals surface area contributed by atoms with Crippen molar-refractivity contribution in [2.45, 2.75) is 13.3 Å². The normalized spacial score (nSPS) is 15.2. The molecule has 29 heavy (non-hydrogen) atoms. The molecule has 1 aliphatic rings. The second-order valence-electron chi connectivity index (χ2n) is 7.41. The minimum Gasteiger partial charge on any atom is -0.451 e. The summed E-state index contributed by atoms with van der Waals surface area (Å²) < 4.78 is 6.89. The number of nitrogens with one attached hydrogen (secondary N) is 1. The van der Waals surface area contributed by atoms with Crippen molar-refractivity contribution in [2.24, 2.45) is 0 Å². The molecule has 1 fully saturated rings. The van der Waals surface area contributed by atoms with Crippen LogP contribution in [0.15, 0.2) is 51.4 Å². The summed E-state index contributed by atoms with van der Waals surface area (Å²) in [6.45, 7) is 4.88. The van der Waals surface area contributed by atoms with Crippen LogP contribution in [-0.4, -0.2) is 47.0 Å². The second-order valence-corrected chi connectivity index (χ2v) is 8.32. The number of benzene rings is 2. The smallest absolute Gasteiger partial charge is 0.289 e. The molecule has 1 N–H and O–H groups in total. The lowest BCUT2D eigenvalue weighted by atomic mass is 10.1. The van der Waals surface area contributed by atoms with E-state index in [1.807, 2.05) is 54.3 Å². The van der Waals surface area contributed by atoms with E-state index in [1.54, 1.807) is 0 Å². The molecule has 0 aliphatic carbocycles. The number of nitrogens with zero attached hydrogens (tertiary/aromatic N) is 3. The highest BCUT2D eigenvalue weighted by atomic mass is 79.9. The van der Waals surface area contributed by atoms with Crippen molar-refractivity contribution in [3.05, 3.63) is 58.3 Å². The third-order valence-electron chi connectivity index (χ3n) is 5.55. The molecule has 148 valence electrons. The van der Waals surface area contributed by atoms with Gasteiger partial charge in [0.2, 0.25) is 5.95 Å². The largest absolute Gasteiger partial charge is 0.451 e. The number of carbonyl (C=O) groups is 1. The molecule has 0 bridgehead atoms. The number of aryl methyl sites for hydroxylation is 1. The molecule has 4 aromatic rings. The summed E-state index contributed by atoms with van der Waals surface area (Å²) in [6, 6.07) is 13.8. The topological polar surface area (TPSA) is 65.4 Å². The van der Waals surface area contributed by atoms with E-state index in [0.717, 1.165) is 57.5 Å². The van der Waals surface area contributed by atoms with Gasteiger partial charge in [-0.25, -0.2) is 4.98 Å². The minimum absolute atomic E-state index is 0.0405. The molecule has 0 radical (unpaired) electrons. The van der Waals surface area contributed by atoms with Gasteiger partial charge in [0.05, 0.1) is 11.0 Å². The first-order chi connectivity index (χ1) is 14.1. The number of hydrogen-bond acceptors (Lipinski definition) is 4. The van der Waals surface area contributed by atoms with Crippen LogP contribution < -0.4 is 4.90 Å². The van der Waals surface area contributed by atoms with Crippen molar-refractivity contribution >= 4 is 49.8 Å². The number of furan rings is 1. The van der Waals surface area contributed by atoms with Crippen molar-refractivity contribution in [3.8, 4) is 0 Å². The summed E-state index contributed by atoms with van der Waals surface area (Å²) in [4.78, 5) is 25.4. The van der Waals surface area contributed by atoms with Crippen molar-refractivity contribution in [2.75, 3.05) is 31.1 Å². The molecular weight excluding hydrogens is 432 g/mol. The van der Waals surface area contributed by atoms with Gasteiger partial charge in [-0.1, -0.05) is 28.1 Å². The Bertz CT molecular complexity index is 1180. The third-order valence-corrected chi connectivity index (χ3v) is 6.05. The lowest BCUT2D eigenvalue weighted by Gasteiger charge is -2.21. The summed E-state index contributed by atoms with van der Waals surface area (Å²) in [5, 5.41) is 0.974. The summed E-state index contributed by atoms with van der Waals surface area (Å²) in [5.74, 6) is 1.27. The molecule has 1 amide bonds. The molecule has 1 aliphatic heterocycles. The van der Waals surface area contributed by atoms with Crippen LogP contribution >= 0.6 is 15.9 Å². The monoisotopic (exact) mass is 452 g/mol. The average Bonchev–Trinajstić information content (AvgIpc) is 3.19. The Labute approximate surface area is 176 Å². The number of halogens is 1. The van der Waals surface area contributed by atoms with Gasteiger partial charge in [-0.3, -0.25) is 4.79 Å². The van der Waals surface area contributed by atoms with Crippen LogP contribution in [0.1, 0.15) is 22.5 Å². The zero-order chi connectivity index (χ0) is 20.0. The number of anilines is 1. The molecule has 1 saturated heterocycles. The van der Waals surface area contributed by atoms with E-state index in [1.165, 1.54) is 0 Å². The van der Waals surface area contributed by atoms with Crippen LogP contribution in [0.4, 0.5) is 5.95 Å². The van der Waals surface area contributed by atoms with E-state index >= 15 is 0 Å². The first-order valence-corrected chi connectivity index (χ1v) is 10.6. The van der Waals surface area contributed by atoms with Gasteiger partial charge in [0.25, 0.3) is 5.91 Å². The molecule has 2 aromatic heterocycles. The van der Waals surface area contributed by atoms with Crippen molar-refractivity contribution in [3.63, 3.8) is 0 Å². The van der Waals surface area contributed by atoms with Gasteiger partial charge in [-0.05, 0) is 43.7 Å². The highest BCUT2D eigenvalue weighted by molar-refractivity contribution is 9.10. The summed E-state index contributed by atoms with van der Waals surface area (Å²) in [7, 11) is 0. The molecule has 7 heteroatoms. The predicted octanol–water partition coefficient (Wildman–Crippen LogP) is 4.73. The average molecular weight is 453 g/mol. The van der Waals surface area contributed by atoms with E-state index in [0.29, 0.717) is 18.8 Å². The number of amides is 1. The number of aromatic nitrogens is 2. The highest BCUT2D eigenvalue weighted by Crippen LogP contribution is 2.29. The van der Waals surface area contributed by atoms with E-state index < -0.39 is 0 Å². The lowest BCUT2D eigenvalue weighted by Crippen LogP contribution is -2.35. The highest BCUT2D eigenvalue weighted by Gasteiger charge is 2.26. The van der Waals surface area contributed by atoms with E-state index in [2.05, 4.69) is 25.8 Å². The maximum absolute atomic E-state index is 13.2. The van der Waals surface area contributed by atoms with Gasteiger partial charge in [-0.2, -0.15) is 0 Å². The fourth-order valence-electron chi connectivity index (χ4n) is 3.96. The van der Waals surface area contributed by atoms with Crippen LogP contribution in [0, 0.1) is 6.92 Å². The second kappa shape index (κ2) is 7.22. The van der Waals surface area contributed by atoms with Crippen LogP contribution in [0.25, 0.3) is 22.0 Å². The van der Waals surface area contributed by atoms with Gasteiger partial charge >= 0.3 is 0 Å². The van der Waals surface area contributed by atoms with Gasteiger partial charge in [0.1, 0.15) is 5.58 Å². The zero-order valence-corrected chi connectivity index (χ0v) is 17.7. The van der Waals surface area contributed by atoms with E-state index in [4.69, 9.17) is 9.40 Å². The Morgan fingerprint density at radius 3 is 2.86 bits per heavy atom. The quantitative estimate of drug-likeness (QED) is 0.477. The van der Waals surface area contributed by atoms with Crippen molar-refractivity contribution < 1.29 is 9.21 Å². The molecule has 6 nitrogen and oxygen atoms in total. The molecule has 5 rings (SSSR count). The van der Waals surface area contributed by atoms with Gasteiger partial charge < -0.3 is 19.2 Å². The molecular formula is C22H21BrN4O2. The lowest BCUT2D eigenvalue weighted by molar-refractivity contribution is 0.0736. The fraction of sp³-hybridized carbons (Fsp3) is 0.273. The van der Waals surface area contributed by atoms with E-state index in [9.17, 15) is 4.79 Å². The Balaban J connectivity index is 1.36. The number of para-hydroxylation sites is 2.